The van der Waals surface area contributed by atoms with E-state index in [1.54, 1.807) is 12.1 Å². The third kappa shape index (κ3) is 3.51. The van der Waals surface area contributed by atoms with E-state index in [-0.39, 0.29) is 17.4 Å². The molecule has 2 rings (SSSR count). The summed E-state index contributed by atoms with van der Waals surface area (Å²) in [6.07, 6.45) is 1.91. The first kappa shape index (κ1) is 15.3. The number of hydrogen-bond acceptors (Lipinski definition) is 5. The van der Waals surface area contributed by atoms with Gasteiger partial charge in [-0.05, 0) is 19.4 Å². The molecule has 1 aromatic heterocycles. The van der Waals surface area contributed by atoms with Crippen LogP contribution in [-0.4, -0.2) is 36.4 Å². The number of ketones is 1. The number of hydrogen-bond donors (Lipinski definition) is 2. The second-order valence-corrected chi connectivity index (χ2v) is 4.92. The maximum Gasteiger partial charge on any atom is 0.232 e. The number of Topliss-reactive ketones (excluding diaryl/α,β-unsaturated/α-hetero) is 1. The Morgan fingerprint density at radius 3 is 3.00 bits per heavy atom. The van der Waals surface area contributed by atoms with Crippen molar-refractivity contribution in [3.63, 3.8) is 0 Å². The van der Waals surface area contributed by atoms with Crippen LogP contribution in [0.1, 0.15) is 37.2 Å². The fourth-order valence-electron chi connectivity index (χ4n) is 2.19. The van der Waals surface area contributed by atoms with Gasteiger partial charge in [0.15, 0.2) is 5.78 Å². The quantitative estimate of drug-likeness (QED) is 0.615. The van der Waals surface area contributed by atoms with Crippen LogP contribution in [-0.2, 0) is 4.79 Å². The number of pyridine rings is 1. The molecule has 6 nitrogen and oxygen atoms in total. The van der Waals surface area contributed by atoms with Gasteiger partial charge in [0.25, 0.3) is 0 Å². The number of carbonyl (C=O) groups is 2. The van der Waals surface area contributed by atoms with Gasteiger partial charge in [-0.15, -0.1) is 0 Å². The lowest BCUT2D eigenvalue weighted by molar-refractivity contribution is -0.123. The molecular weight excluding hydrogens is 270 g/mol. The number of nitrogens with one attached hydrogen (secondary N) is 2. The van der Waals surface area contributed by atoms with Crippen LogP contribution in [0.25, 0.3) is 0 Å². The molecule has 0 spiro atoms. The predicted octanol–water partition coefficient (Wildman–Crippen LogP) is 1.62. The van der Waals surface area contributed by atoms with Crippen molar-refractivity contribution in [1.82, 2.24) is 10.3 Å². The van der Waals surface area contributed by atoms with Crippen molar-refractivity contribution < 1.29 is 14.3 Å². The molecule has 2 heterocycles. The van der Waals surface area contributed by atoms with E-state index >= 15 is 0 Å². The minimum Gasteiger partial charge on any atom is -0.478 e. The van der Waals surface area contributed by atoms with E-state index in [0.717, 1.165) is 12.8 Å². The highest BCUT2D eigenvalue weighted by molar-refractivity contribution is 6.13. The molecule has 0 bridgehead atoms. The number of anilines is 1. The minimum absolute atomic E-state index is 0.241. The van der Waals surface area contributed by atoms with Crippen LogP contribution < -0.4 is 15.4 Å². The fraction of sp³-hybridized carbons (Fsp3) is 0.533. The van der Waals surface area contributed by atoms with E-state index in [2.05, 4.69) is 22.5 Å². The molecule has 114 valence electrons. The topological polar surface area (TPSA) is 80.3 Å². The lowest BCUT2D eigenvalue weighted by atomic mass is 9.95. The summed E-state index contributed by atoms with van der Waals surface area (Å²) in [5.74, 6) is -0.813. The summed E-state index contributed by atoms with van der Waals surface area (Å²) in [4.78, 5) is 28.7. The van der Waals surface area contributed by atoms with E-state index in [1.807, 2.05) is 6.92 Å². The van der Waals surface area contributed by atoms with Crippen molar-refractivity contribution in [1.29, 1.82) is 0 Å². The summed E-state index contributed by atoms with van der Waals surface area (Å²) in [6.45, 7) is 5.28. The molecular formula is C15H21N3O3. The van der Waals surface area contributed by atoms with Gasteiger partial charge in [0.05, 0.1) is 12.3 Å². The molecule has 2 N–H and O–H groups in total. The molecule has 0 aromatic carbocycles. The molecule has 0 saturated heterocycles. The number of unbranched alkanes of at least 4 members (excludes halogenated alkanes) is 1. The smallest absolute Gasteiger partial charge is 0.232 e. The number of fused-ring (bicyclic) bond motifs is 1. The van der Waals surface area contributed by atoms with Gasteiger partial charge >= 0.3 is 0 Å². The van der Waals surface area contributed by atoms with Gasteiger partial charge in [0, 0.05) is 19.2 Å². The zero-order valence-electron chi connectivity index (χ0n) is 12.4. The fourth-order valence-corrected chi connectivity index (χ4v) is 2.19. The Kier molecular flexibility index (Phi) is 5.14. The summed E-state index contributed by atoms with van der Waals surface area (Å²) >= 11 is 0. The van der Waals surface area contributed by atoms with Crippen LogP contribution in [0.4, 0.5) is 5.69 Å². The van der Waals surface area contributed by atoms with Gasteiger partial charge in [0.1, 0.15) is 11.6 Å². The second kappa shape index (κ2) is 7.06. The average Bonchev–Trinajstić information content (AvgIpc) is 2.48. The van der Waals surface area contributed by atoms with E-state index in [0.29, 0.717) is 31.3 Å². The van der Waals surface area contributed by atoms with Crippen molar-refractivity contribution in [3.05, 3.63) is 17.8 Å². The SMILES string of the molecule is CCCCNC(=O)C1CNc2ccc(OCC)nc2C1=O. The zero-order chi connectivity index (χ0) is 15.2. The van der Waals surface area contributed by atoms with Crippen LogP contribution in [0.3, 0.4) is 0 Å². The van der Waals surface area contributed by atoms with E-state index in [1.165, 1.54) is 0 Å². The largest absolute Gasteiger partial charge is 0.478 e. The number of carbonyl (C=O) groups excluding carboxylic acids is 2. The van der Waals surface area contributed by atoms with Crippen molar-refractivity contribution in [2.24, 2.45) is 5.92 Å². The molecule has 1 aliphatic rings. The molecule has 1 aliphatic heterocycles. The van der Waals surface area contributed by atoms with Crippen LogP contribution in [0.5, 0.6) is 5.88 Å². The van der Waals surface area contributed by atoms with Gasteiger partial charge in [-0.3, -0.25) is 9.59 Å². The Morgan fingerprint density at radius 2 is 2.29 bits per heavy atom. The Bertz CT molecular complexity index is 531. The van der Waals surface area contributed by atoms with Crippen molar-refractivity contribution in [2.75, 3.05) is 25.0 Å². The van der Waals surface area contributed by atoms with E-state index in [9.17, 15) is 9.59 Å². The molecule has 0 saturated carbocycles. The van der Waals surface area contributed by atoms with Crippen LogP contribution in [0.2, 0.25) is 0 Å². The monoisotopic (exact) mass is 291 g/mol. The molecule has 21 heavy (non-hydrogen) atoms. The molecule has 0 radical (unpaired) electrons. The lowest BCUT2D eigenvalue weighted by Crippen LogP contribution is -2.42. The summed E-state index contributed by atoms with van der Waals surface area (Å²) in [5.41, 5.74) is 0.934. The molecule has 0 fully saturated rings. The average molecular weight is 291 g/mol. The van der Waals surface area contributed by atoms with E-state index in [4.69, 9.17) is 4.74 Å². The summed E-state index contributed by atoms with van der Waals surface area (Å²) in [7, 11) is 0. The lowest BCUT2D eigenvalue weighted by Gasteiger charge is -2.23. The van der Waals surface area contributed by atoms with Gasteiger partial charge in [-0.25, -0.2) is 4.98 Å². The molecule has 0 aliphatic carbocycles. The van der Waals surface area contributed by atoms with Crippen LogP contribution >= 0.6 is 0 Å². The summed E-state index contributed by atoms with van der Waals surface area (Å²) in [6, 6.07) is 3.47. The first-order valence-electron chi connectivity index (χ1n) is 7.37. The number of aromatic nitrogens is 1. The maximum absolute atomic E-state index is 12.4. The second-order valence-electron chi connectivity index (χ2n) is 4.92. The number of rotatable bonds is 6. The van der Waals surface area contributed by atoms with Gasteiger partial charge in [-0.1, -0.05) is 13.3 Å². The first-order valence-corrected chi connectivity index (χ1v) is 7.37. The highest BCUT2D eigenvalue weighted by Crippen LogP contribution is 2.25. The van der Waals surface area contributed by atoms with Gasteiger partial charge in [-0.2, -0.15) is 0 Å². The van der Waals surface area contributed by atoms with Crippen LogP contribution in [0, 0.1) is 5.92 Å². The standard InChI is InChI=1S/C15H21N3O3/c1-3-5-8-16-15(20)10-9-17-11-6-7-12(21-4-2)18-13(11)14(10)19/h6-7,10,17H,3-5,8-9H2,1-2H3,(H,16,20). The Hall–Kier alpha value is -2.11. The normalized spacial score (nSPS) is 16.9. The third-order valence-electron chi connectivity index (χ3n) is 3.35. The predicted molar refractivity (Wildman–Crippen MR) is 79.6 cm³/mol. The third-order valence-corrected chi connectivity index (χ3v) is 3.35. The summed E-state index contributed by atoms with van der Waals surface area (Å²) in [5, 5.41) is 5.88. The van der Waals surface area contributed by atoms with Crippen molar-refractivity contribution in [3.8, 4) is 5.88 Å². The van der Waals surface area contributed by atoms with Crippen molar-refractivity contribution in [2.45, 2.75) is 26.7 Å². The van der Waals surface area contributed by atoms with Crippen molar-refractivity contribution >= 4 is 17.4 Å². The van der Waals surface area contributed by atoms with E-state index < -0.39 is 5.92 Å². The first-order chi connectivity index (χ1) is 10.2. The van der Waals surface area contributed by atoms with Gasteiger partial charge in [0.2, 0.25) is 11.8 Å². The van der Waals surface area contributed by atoms with Crippen LogP contribution in [0.15, 0.2) is 12.1 Å². The molecule has 1 atom stereocenters. The minimum atomic E-state index is -0.723. The Labute approximate surface area is 124 Å². The molecule has 6 heteroatoms. The molecule has 1 aromatic rings. The van der Waals surface area contributed by atoms with Gasteiger partial charge < -0.3 is 15.4 Å². The Morgan fingerprint density at radius 1 is 1.48 bits per heavy atom. The Balaban J connectivity index is 2.11. The number of nitrogens with zero attached hydrogens (tertiary/aromatic N) is 1. The highest BCUT2D eigenvalue weighted by Gasteiger charge is 2.34. The molecule has 1 unspecified atom stereocenters. The zero-order valence-corrected chi connectivity index (χ0v) is 12.4. The summed E-state index contributed by atoms with van der Waals surface area (Å²) < 4.78 is 5.30. The molecule has 1 amide bonds. The number of ether oxygens (including phenoxy) is 1. The number of amides is 1. The maximum atomic E-state index is 12.4. The highest BCUT2D eigenvalue weighted by atomic mass is 16.5.